The van der Waals surface area contributed by atoms with Crippen LogP contribution in [-0.4, -0.2) is 28.8 Å². The van der Waals surface area contributed by atoms with E-state index in [-0.39, 0.29) is 30.6 Å². The van der Waals surface area contributed by atoms with Crippen molar-refractivity contribution in [3.63, 3.8) is 0 Å². The molecule has 120 valence electrons. The van der Waals surface area contributed by atoms with Crippen LogP contribution in [0.4, 0.5) is 0 Å². The molecular formula is C16H21NO4S. The molecule has 1 fully saturated rings. The number of Topliss-reactive ketones (excluding diaryl/α,β-unsaturated/α-hetero) is 1. The van der Waals surface area contributed by atoms with Crippen molar-refractivity contribution in [2.24, 2.45) is 5.92 Å². The Balaban J connectivity index is 1.84. The van der Waals surface area contributed by atoms with Crippen molar-refractivity contribution in [1.82, 2.24) is 5.32 Å². The standard InChI is InChI=1S/C16H21NO4S/c18-13(14-7-4-10-22-14)8-9-15(19)17-12-6-3-1-2-5-11(12)16(20)21/h4,7,10-12H,1-3,5-6,8-9H2,(H,17,19)(H,20,21)/t11-,12+/m1/s1. The molecule has 1 aliphatic rings. The molecule has 0 saturated heterocycles. The van der Waals surface area contributed by atoms with E-state index in [9.17, 15) is 19.5 Å². The minimum absolute atomic E-state index is 0.0409. The van der Waals surface area contributed by atoms with Gasteiger partial charge in [-0.05, 0) is 24.3 Å². The number of nitrogens with one attached hydrogen (secondary N) is 1. The van der Waals surface area contributed by atoms with E-state index in [4.69, 9.17) is 0 Å². The lowest BCUT2D eigenvalue weighted by Crippen LogP contribution is -2.42. The van der Waals surface area contributed by atoms with Gasteiger partial charge in [-0.15, -0.1) is 11.3 Å². The van der Waals surface area contributed by atoms with Gasteiger partial charge in [-0.2, -0.15) is 0 Å². The number of hydrogen-bond donors (Lipinski definition) is 2. The number of carbonyl (C=O) groups is 3. The maximum atomic E-state index is 12.0. The smallest absolute Gasteiger partial charge is 0.308 e. The van der Waals surface area contributed by atoms with Gasteiger partial charge in [0.15, 0.2) is 5.78 Å². The zero-order valence-electron chi connectivity index (χ0n) is 12.4. The first-order valence-corrected chi connectivity index (χ1v) is 8.55. The Morgan fingerprint density at radius 2 is 1.95 bits per heavy atom. The predicted molar refractivity (Wildman–Crippen MR) is 84.0 cm³/mol. The van der Waals surface area contributed by atoms with E-state index < -0.39 is 11.9 Å². The highest BCUT2D eigenvalue weighted by Crippen LogP contribution is 2.24. The summed E-state index contributed by atoms with van der Waals surface area (Å²) in [6.07, 6.45) is 4.41. The molecule has 2 atom stereocenters. The van der Waals surface area contributed by atoms with Gasteiger partial charge < -0.3 is 10.4 Å². The fraction of sp³-hybridized carbons (Fsp3) is 0.562. The molecular weight excluding hydrogens is 302 g/mol. The number of rotatable bonds is 6. The van der Waals surface area contributed by atoms with E-state index in [2.05, 4.69) is 5.32 Å². The highest BCUT2D eigenvalue weighted by Gasteiger charge is 2.30. The number of aliphatic carboxylic acids is 1. The second kappa shape index (κ2) is 8.08. The number of ketones is 1. The molecule has 22 heavy (non-hydrogen) atoms. The molecule has 1 saturated carbocycles. The Bertz CT molecular complexity index is 526. The third kappa shape index (κ3) is 4.66. The van der Waals surface area contributed by atoms with Gasteiger partial charge in [0.25, 0.3) is 0 Å². The molecule has 1 amide bonds. The molecule has 5 nitrogen and oxygen atoms in total. The number of carboxylic acid groups (broad SMARTS) is 1. The molecule has 0 unspecified atom stereocenters. The SMILES string of the molecule is O=C(CCC(=O)c1cccs1)N[C@H]1CCCCC[C@H]1C(=O)O. The van der Waals surface area contributed by atoms with Crippen LogP contribution in [0.5, 0.6) is 0 Å². The minimum Gasteiger partial charge on any atom is -0.481 e. The van der Waals surface area contributed by atoms with Crippen molar-refractivity contribution in [3.05, 3.63) is 22.4 Å². The summed E-state index contributed by atoms with van der Waals surface area (Å²) in [5.41, 5.74) is 0. The number of hydrogen-bond acceptors (Lipinski definition) is 4. The average Bonchev–Trinajstić information content (AvgIpc) is 2.92. The molecule has 0 aliphatic heterocycles. The van der Waals surface area contributed by atoms with Crippen molar-refractivity contribution in [2.75, 3.05) is 0 Å². The number of amides is 1. The molecule has 0 aromatic carbocycles. The van der Waals surface area contributed by atoms with Gasteiger partial charge in [0.1, 0.15) is 0 Å². The van der Waals surface area contributed by atoms with Crippen LogP contribution >= 0.6 is 11.3 Å². The average molecular weight is 323 g/mol. The second-order valence-corrected chi connectivity index (χ2v) is 6.60. The monoisotopic (exact) mass is 323 g/mol. The lowest BCUT2D eigenvalue weighted by atomic mass is 9.94. The van der Waals surface area contributed by atoms with E-state index in [0.29, 0.717) is 17.7 Å². The summed E-state index contributed by atoms with van der Waals surface area (Å²) in [6, 6.07) is 3.24. The molecule has 0 radical (unpaired) electrons. The van der Waals surface area contributed by atoms with Crippen LogP contribution < -0.4 is 5.32 Å². The molecule has 1 aliphatic carbocycles. The van der Waals surface area contributed by atoms with Crippen LogP contribution in [-0.2, 0) is 9.59 Å². The first kappa shape index (κ1) is 16.7. The van der Waals surface area contributed by atoms with Crippen molar-refractivity contribution >= 4 is 29.0 Å². The summed E-state index contributed by atoms with van der Waals surface area (Å²) >= 11 is 1.37. The molecule has 1 aromatic heterocycles. The quantitative estimate of drug-likeness (QED) is 0.623. The molecule has 1 aromatic rings. The van der Waals surface area contributed by atoms with E-state index >= 15 is 0 Å². The van der Waals surface area contributed by atoms with Crippen LogP contribution in [0.15, 0.2) is 17.5 Å². The molecule has 0 spiro atoms. The Morgan fingerprint density at radius 1 is 1.18 bits per heavy atom. The Labute approximate surface area is 133 Å². The third-order valence-corrected chi connectivity index (χ3v) is 4.97. The first-order valence-electron chi connectivity index (χ1n) is 7.67. The summed E-state index contributed by atoms with van der Waals surface area (Å²) < 4.78 is 0. The summed E-state index contributed by atoms with van der Waals surface area (Å²) in [4.78, 5) is 35.9. The van der Waals surface area contributed by atoms with Crippen molar-refractivity contribution in [2.45, 2.75) is 51.0 Å². The van der Waals surface area contributed by atoms with Gasteiger partial charge >= 0.3 is 5.97 Å². The summed E-state index contributed by atoms with van der Waals surface area (Å²) in [5, 5.41) is 13.9. The van der Waals surface area contributed by atoms with Crippen LogP contribution in [0.1, 0.15) is 54.6 Å². The van der Waals surface area contributed by atoms with Gasteiger partial charge in [-0.3, -0.25) is 14.4 Å². The third-order valence-electron chi connectivity index (χ3n) is 4.05. The number of thiophene rings is 1. The van der Waals surface area contributed by atoms with E-state index in [1.807, 2.05) is 5.38 Å². The summed E-state index contributed by atoms with van der Waals surface area (Å²) in [6.45, 7) is 0. The molecule has 0 bridgehead atoms. The van der Waals surface area contributed by atoms with E-state index in [0.717, 1.165) is 19.3 Å². The van der Waals surface area contributed by atoms with Crippen molar-refractivity contribution in [1.29, 1.82) is 0 Å². The lowest BCUT2D eigenvalue weighted by molar-refractivity contribution is -0.143. The fourth-order valence-corrected chi connectivity index (χ4v) is 3.54. The predicted octanol–water partition coefficient (Wildman–Crippen LogP) is 2.86. The maximum absolute atomic E-state index is 12.0. The highest BCUT2D eigenvalue weighted by atomic mass is 32.1. The van der Waals surface area contributed by atoms with Crippen LogP contribution in [0.2, 0.25) is 0 Å². The minimum atomic E-state index is -0.845. The Hall–Kier alpha value is -1.69. The highest BCUT2D eigenvalue weighted by molar-refractivity contribution is 7.12. The van der Waals surface area contributed by atoms with Crippen LogP contribution in [0.3, 0.4) is 0 Å². The second-order valence-electron chi connectivity index (χ2n) is 5.66. The fourth-order valence-electron chi connectivity index (χ4n) is 2.84. The van der Waals surface area contributed by atoms with Crippen LogP contribution in [0, 0.1) is 5.92 Å². The van der Waals surface area contributed by atoms with Gasteiger partial charge in [0.2, 0.25) is 5.91 Å². The summed E-state index contributed by atoms with van der Waals surface area (Å²) in [7, 11) is 0. The number of carbonyl (C=O) groups excluding carboxylic acids is 2. The van der Waals surface area contributed by atoms with Gasteiger partial charge in [-0.25, -0.2) is 0 Å². The van der Waals surface area contributed by atoms with Gasteiger partial charge in [0.05, 0.1) is 10.8 Å². The molecule has 2 rings (SSSR count). The summed E-state index contributed by atoms with van der Waals surface area (Å²) in [5.74, 6) is -1.63. The topological polar surface area (TPSA) is 83.5 Å². The zero-order valence-corrected chi connectivity index (χ0v) is 13.2. The first-order chi connectivity index (χ1) is 10.6. The van der Waals surface area contributed by atoms with E-state index in [1.165, 1.54) is 11.3 Å². The van der Waals surface area contributed by atoms with Crippen molar-refractivity contribution < 1.29 is 19.5 Å². The zero-order chi connectivity index (χ0) is 15.9. The van der Waals surface area contributed by atoms with Crippen molar-refractivity contribution in [3.8, 4) is 0 Å². The molecule has 1 heterocycles. The maximum Gasteiger partial charge on any atom is 0.308 e. The van der Waals surface area contributed by atoms with Gasteiger partial charge in [0, 0.05) is 18.9 Å². The Kier molecular flexibility index (Phi) is 6.12. The number of carboxylic acids is 1. The largest absolute Gasteiger partial charge is 0.481 e. The molecule has 6 heteroatoms. The normalized spacial score (nSPS) is 21.8. The molecule has 2 N–H and O–H groups in total. The van der Waals surface area contributed by atoms with E-state index in [1.54, 1.807) is 12.1 Å². The Morgan fingerprint density at radius 3 is 2.64 bits per heavy atom. The lowest BCUT2D eigenvalue weighted by Gasteiger charge is -2.22. The van der Waals surface area contributed by atoms with Crippen LogP contribution in [0.25, 0.3) is 0 Å². The van der Waals surface area contributed by atoms with Gasteiger partial charge in [-0.1, -0.05) is 25.3 Å².